The Balaban J connectivity index is 3.35. The summed E-state index contributed by atoms with van der Waals surface area (Å²) in [4.78, 5) is 20.5. The fraction of sp³-hybridized carbons (Fsp3) is 0.364. The fourth-order valence-corrected chi connectivity index (χ4v) is 3.10. The van der Waals surface area contributed by atoms with E-state index in [1.54, 1.807) is 0 Å². The van der Waals surface area contributed by atoms with E-state index in [1.165, 1.54) is 19.9 Å². The van der Waals surface area contributed by atoms with Crippen LogP contribution in [-0.4, -0.2) is 30.5 Å². The van der Waals surface area contributed by atoms with Crippen molar-refractivity contribution in [1.29, 1.82) is 0 Å². The van der Waals surface area contributed by atoms with Gasteiger partial charge in [0.1, 0.15) is 6.04 Å². The van der Waals surface area contributed by atoms with Crippen LogP contribution in [0.5, 0.6) is 0 Å². The molecule has 0 aliphatic heterocycles. The molecule has 0 saturated heterocycles. The minimum atomic E-state index is -4.14. The summed E-state index contributed by atoms with van der Waals surface area (Å²) in [5, 5.41) is 19.6. The first kappa shape index (κ1) is 16.1. The number of hydrogen-bond donors (Lipinski definition) is 2. The highest BCUT2D eigenvalue weighted by Crippen LogP contribution is 2.25. The van der Waals surface area contributed by atoms with E-state index in [-0.39, 0.29) is 10.6 Å². The maximum atomic E-state index is 12.1. The molecule has 0 aliphatic carbocycles. The van der Waals surface area contributed by atoms with Gasteiger partial charge in [-0.25, -0.2) is 8.42 Å². The Morgan fingerprint density at radius 2 is 1.90 bits per heavy atom. The Kier molecular flexibility index (Phi) is 4.46. The molecule has 1 rings (SSSR count). The van der Waals surface area contributed by atoms with Crippen molar-refractivity contribution in [2.24, 2.45) is 0 Å². The monoisotopic (exact) mass is 302 g/mol. The summed E-state index contributed by atoms with van der Waals surface area (Å²) >= 11 is 0. The van der Waals surface area contributed by atoms with Gasteiger partial charge < -0.3 is 5.11 Å². The van der Waals surface area contributed by atoms with Crippen molar-refractivity contribution in [2.45, 2.75) is 31.7 Å². The van der Waals surface area contributed by atoms with Gasteiger partial charge in [0.15, 0.2) is 0 Å². The highest BCUT2D eigenvalue weighted by atomic mass is 32.2. The topological polar surface area (TPSA) is 127 Å². The molecule has 0 spiro atoms. The standard InChI is InChI=1S/C11H14N2O6S/c1-6-4-7(2)10(5-9(6)13(16)17)20(18,19)12-8(3)11(14)15/h4-5,8,12H,1-3H3,(H,14,15)/t8-/m1/s1. The quantitative estimate of drug-likeness (QED) is 0.616. The number of aryl methyl sites for hydroxylation is 2. The fourth-order valence-electron chi connectivity index (χ4n) is 1.65. The van der Waals surface area contributed by atoms with Gasteiger partial charge in [-0.1, -0.05) is 0 Å². The molecule has 2 N–H and O–H groups in total. The third-order valence-electron chi connectivity index (χ3n) is 2.68. The van der Waals surface area contributed by atoms with Gasteiger partial charge in [0.2, 0.25) is 10.0 Å². The second-order valence-electron chi connectivity index (χ2n) is 4.34. The van der Waals surface area contributed by atoms with E-state index in [2.05, 4.69) is 0 Å². The SMILES string of the molecule is Cc1cc(C)c(S(=O)(=O)N[C@H](C)C(=O)O)cc1[N+](=O)[O-]. The minimum absolute atomic E-state index is 0.303. The van der Waals surface area contributed by atoms with Gasteiger partial charge in [-0.05, 0) is 32.4 Å². The lowest BCUT2D eigenvalue weighted by Gasteiger charge is -2.12. The number of hydrogen-bond acceptors (Lipinski definition) is 5. The molecule has 0 bridgehead atoms. The van der Waals surface area contributed by atoms with E-state index >= 15 is 0 Å². The average Bonchev–Trinajstić information content (AvgIpc) is 2.26. The summed E-state index contributed by atoms with van der Waals surface area (Å²) in [6.45, 7) is 4.14. The van der Waals surface area contributed by atoms with Crippen LogP contribution in [0.25, 0.3) is 0 Å². The molecule has 110 valence electrons. The van der Waals surface area contributed by atoms with E-state index < -0.39 is 27.0 Å². The van der Waals surface area contributed by atoms with Crippen LogP contribution < -0.4 is 4.72 Å². The lowest BCUT2D eigenvalue weighted by atomic mass is 10.1. The first-order valence-electron chi connectivity index (χ1n) is 5.57. The van der Waals surface area contributed by atoms with Gasteiger partial charge in [-0.3, -0.25) is 14.9 Å². The molecule has 0 heterocycles. The summed E-state index contributed by atoms with van der Waals surface area (Å²) in [5.41, 5.74) is 0.301. The molecule has 1 aromatic rings. The number of nitro groups is 1. The van der Waals surface area contributed by atoms with Crippen molar-refractivity contribution in [3.63, 3.8) is 0 Å². The Morgan fingerprint density at radius 1 is 1.35 bits per heavy atom. The highest BCUT2D eigenvalue weighted by Gasteiger charge is 2.26. The van der Waals surface area contributed by atoms with Gasteiger partial charge in [-0.15, -0.1) is 0 Å². The number of nitrogens with one attached hydrogen (secondary N) is 1. The number of nitrogens with zero attached hydrogens (tertiary/aromatic N) is 1. The molecule has 0 aliphatic rings. The molecule has 9 heteroatoms. The maximum absolute atomic E-state index is 12.1. The molecule has 0 saturated carbocycles. The van der Waals surface area contributed by atoms with Crippen molar-refractivity contribution >= 4 is 21.7 Å². The third-order valence-corrected chi connectivity index (χ3v) is 4.36. The molecule has 0 unspecified atom stereocenters. The number of nitro benzene ring substituents is 1. The van der Waals surface area contributed by atoms with Crippen LogP contribution in [-0.2, 0) is 14.8 Å². The van der Waals surface area contributed by atoms with Crippen molar-refractivity contribution in [3.05, 3.63) is 33.4 Å². The van der Waals surface area contributed by atoms with Gasteiger partial charge in [0, 0.05) is 11.6 Å². The molecular formula is C11H14N2O6S. The van der Waals surface area contributed by atoms with Crippen LogP contribution in [0.15, 0.2) is 17.0 Å². The van der Waals surface area contributed by atoms with Crippen molar-refractivity contribution in [1.82, 2.24) is 4.72 Å². The number of benzene rings is 1. The van der Waals surface area contributed by atoms with Crippen LogP contribution >= 0.6 is 0 Å². The number of carbonyl (C=O) groups is 1. The van der Waals surface area contributed by atoms with E-state index in [9.17, 15) is 23.3 Å². The molecular weight excluding hydrogens is 288 g/mol. The first-order chi connectivity index (χ1) is 9.06. The number of carboxylic acid groups (broad SMARTS) is 1. The lowest BCUT2D eigenvalue weighted by molar-refractivity contribution is -0.385. The molecule has 0 aromatic heterocycles. The summed E-state index contributed by atoms with van der Waals surface area (Å²) in [7, 11) is -4.14. The van der Waals surface area contributed by atoms with E-state index in [4.69, 9.17) is 5.11 Å². The van der Waals surface area contributed by atoms with E-state index in [1.807, 2.05) is 4.72 Å². The van der Waals surface area contributed by atoms with Crippen LogP contribution in [0, 0.1) is 24.0 Å². The van der Waals surface area contributed by atoms with E-state index in [0.29, 0.717) is 11.1 Å². The largest absolute Gasteiger partial charge is 0.480 e. The number of rotatable bonds is 5. The van der Waals surface area contributed by atoms with Crippen molar-refractivity contribution in [3.8, 4) is 0 Å². The minimum Gasteiger partial charge on any atom is -0.480 e. The Labute approximate surface area is 115 Å². The van der Waals surface area contributed by atoms with Gasteiger partial charge in [0.25, 0.3) is 5.69 Å². The molecule has 0 radical (unpaired) electrons. The Morgan fingerprint density at radius 3 is 2.35 bits per heavy atom. The van der Waals surface area contributed by atoms with Crippen LogP contribution in [0.3, 0.4) is 0 Å². The predicted molar refractivity (Wildman–Crippen MR) is 70.0 cm³/mol. The zero-order valence-electron chi connectivity index (χ0n) is 11.1. The summed E-state index contributed by atoms with van der Waals surface area (Å²) in [6.07, 6.45) is 0. The van der Waals surface area contributed by atoms with E-state index in [0.717, 1.165) is 13.0 Å². The Hall–Kier alpha value is -2.00. The van der Waals surface area contributed by atoms with Crippen molar-refractivity contribution in [2.75, 3.05) is 0 Å². The molecule has 1 atom stereocenters. The van der Waals surface area contributed by atoms with Gasteiger partial charge in [0.05, 0.1) is 9.82 Å². The van der Waals surface area contributed by atoms with Gasteiger partial charge >= 0.3 is 5.97 Å². The summed E-state index contributed by atoms with van der Waals surface area (Å²) < 4.78 is 26.1. The normalized spacial score (nSPS) is 12.9. The molecule has 8 nitrogen and oxygen atoms in total. The second kappa shape index (κ2) is 5.55. The average molecular weight is 302 g/mol. The summed E-state index contributed by atoms with van der Waals surface area (Å²) in [6, 6.07) is 0.972. The predicted octanol–water partition coefficient (Wildman–Crippen LogP) is 0.963. The van der Waals surface area contributed by atoms with Crippen LogP contribution in [0.4, 0.5) is 5.69 Å². The second-order valence-corrected chi connectivity index (χ2v) is 6.02. The van der Waals surface area contributed by atoms with Gasteiger partial charge in [-0.2, -0.15) is 4.72 Å². The number of sulfonamides is 1. The summed E-state index contributed by atoms with van der Waals surface area (Å²) in [5.74, 6) is -1.34. The third kappa shape index (κ3) is 3.31. The molecule has 1 aromatic carbocycles. The Bertz CT molecular complexity index is 668. The molecule has 0 amide bonds. The first-order valence-corrected chi connectivity index (χ1v) is 7.05. The van der Waals surface area contributed by atoms with Crippen LogP contribution in [0.1, 0.15) is 18.1 Å². The van der Waals surface area contributed by atoms with Crippen LogP contribution in [0.2, 0.25) is 0 Å². The number of aliphatic carboxylic acids is 1. The van der Waals surface area contributed by atoms with Crippen molar-refractivity contribution < 1.29 is 23.2 Å². The molecule has 0 fully saturated rings. The maximum Gasteiger partial charge on any atom is 0.321 e. The lowest BCUT2D eigenvalue weighted by Crippen LogP contribution is -2.38. The smallest absolute Gasteiger partial charge is 0.321 e. The zero-order valence-corrected chi connectivity index (χ0v) is 11.9. The molecule has 20 heavy (non-hydrogen) atoms. The highest BCUT2D eigenvalue weighted by molar-refractivity contribution is 7.89. The number of carboxylic acids is 1. The zero-order chi connectivity index (χ0) is 15.7.